The molecule has 1 amide bonds. The van der Waals surface area contributed by atoms with Crippen LogP contribution in [-0.4, -0.2) is 5.91 Å². The third-order valence-electron chi connectivity index (χ3n) is 3.41. The van der Waals surface area contributed by atoms with Crippen LogP contribution in [0.2, 0.25) is 0 Å². The van der Waals surface area contributed by atoms with Gasteiger partial charge in [0.1, 0.15) is 0 Å². The normalized spacial score (nSPS) is 10.3. The second kappa shape index (κ2) is 6.71. The minimum Gasteiger partial charge on any atom is -0.326 e. The van der Waals surface area contributed by atoms with Gasteiger partial charge in [0.25, 0.3) is 0 Å². The van der Waals surface area contributed by atoms with Crippen LogP contribution >= 0.6 is 15.9 Å². The summed E-state index contributed by atoms with van der Waals surface area (Å²) < 4.78 is 1.05. The second-order valence-corrected chi connectivity index (χ2v) is 5.84. The summed E-state index contributed by atoms with van der Waals surface area (Å²) in [5.74, 6) is 0.0543. The summed E-state index contributed by atoms with van der Waals surface area (Å²) in [6, 6.07) is 14.0. The third kappa shape index (κ3) is 3.94. The number of carbonyl (C=O) groups is 1. The van der Waals surface area contributed by atoms with Gasteiger partial charge in [-0.3, -0.25) is 4.79 Å². The van der Waals surface area contributed by atoms with Crippen LogP contribution in [0, 0.1) is 13.8 Å². The fourth-order valence-electron chi connectivity index (χ4n) is 2.05. The lowest BCUT2D eigenvalue weighted by atomic mass is 10.1. The van der Waals surface area contributed by atoms with E-state index >= 15 is 0 Å². The lowest BCUT2D eigenvalue weighted by Crippen LogP contribution is -2.13. The monoisotopic (exact) mass is 331 g/mol. The zero-order valence-electron chi connectivity index (χ0n) is 11.7. The Morgan fingerprint density at radius 2 is 1.90 bits per heavy atom. The number of rotatable bonds is 4. The van der Waals surface area contributed by atoms with E-state index in [0.717, 1.165) is 27.7 Å². The van der Waals surface area contributed by atoms with Gasteiger partial charge >= 0.3 is 0 Å². The first-order chi connectivity index (χ1) is 9.56. The van der Waals surface area contributed by atoms with E-state index in [1.165, 1.54) is 5.56 Å². The van der Waals surface area contributed by atoms with Crippen molar-refractivity contribution in [3.8, 4) is 0 Å². The lowest BCUT2D eigenvalue weighted by Gasteiger charge is -2.10. The minimum absolute atomic E-state index is 0.0543. The predicted molar refractivity (Wildman–Crippen MR) is 87.0 cm³/mol. The number of hydrogen-bond acceptors (Lipinski definition) is 1. The molecule has 0 aliphatic rings. The molecule has 20 heavy (non-hydrogen) atoms. The van der Waals surface area contributed by atoms with Gasteiger partial charge in [-0.1, -0.05) is 40.2 Å². The molecule has 0 unspecified atom stereocenters. The molecule has 2 nitrogen and oxygen atoms in total. The Hall–Kier alpha value is -1.61. The fourth-order valence-corrected chi connectivity index (χ4v) is 2.50. The van der Waals surface area contributed by atoms with Crippen LogP contribution in [0.25, 0.3) is 0 Å². The van der Waals surface area contributed by atoms with Crippen LogP contribution < -0.4 is 5.32 Å². The van der Waals surface area contributed by atoms with Crippen LogP contribution in [-0.2, 0) is 11.2 Å². The van der Waals surface area contributed by atoms with Crippen LogP contribution in [0.1, 0.15) is 23.1 Å². The highest BCUT2D eigenvalue weighted by molar-refractivity contribution is 9.10. The molecular formula is C17H18BrNO. The number of hydrogen-bond donors (Lipinski definition) is 1. The molecule has 0 atom stereocenters. The van der Waals surface area contributed by atoms with Gasteiger partial charge < -0.3 is 5.32 Å². The van der Waals surface area contributed by atoms with E-state index in [1.54, 1.807) is 0 Å². The SMILES string of the molecule is Cc1cccc(NC(=O)CCc2cccc(Br)c2)c1C. The summed E-state index contributed by atoms with van der Waals surface area (Å²) in [7, 11) is 0. The smallest absolute Gasteiger partial charge is 0.224 e. The molecule has 0 spiro atoms. The highest BCUT2D eigenvalue weighted by atomic mass is 79.9. The van der Waals surface area contributed by atoms with Crippen molar-refractivity contribution in [3.05, 3.63) is 63.6 Å². The maximum Gasteiger partial charge on any atom is 0.224 e. The summed E-state index contributed by atoms with van der Waals surface area (Å²) in [5.41, 5.74) is 4.39. The predicted octanol–water partition coefficient (Wildman–Crippen LogP) is 4.64. The number of anilines is 1. The Morgan fingerprint density at radius 1 is 1.15 bits per heavy atom. The van der Waals surface area contributed by atoms with Crippen molar-refractivity contribution in [3.63, 3.8) is 0 Å². The van der Waals surface area contributed by atoms with Gasteiger partial charge in [-0.05, 0) is 55.2 Å². The second-order valence-electron chi connectivity index (χ2n) is 4.93. The minimum atomic E-state index is 0.0543. The number of amides is 1. The molecule has 2 aromatic carbocycles. The van der Waals surface area contributed by atoms with Crippen LogP contribution in [0.5, 0.6) is 0 Å². The average Bonchev–Trinajstić information content (AvgIpc) is 2.42. The van der Waals surface area contributed by atoms with Crippen molar-refractivity contribution in [2.24, 2.45) is 0 Å². The first-order valence-corrected chi connectivity index (χ1v) is 7.46. The summed E-state index contributed by atoms with van der Waals surface area (Å²) in [4.78, 5) is 12.0. The molecular weight excluding hydrogens is 314 g/mol. The van der Waals surface area contributed by atoms with Crippen LogP contribution in [0.3, 0.4) is 0 Å². The highest BCUT2D eigenvalue weighted by Gasteiger charge is 2.06. The van der Waals surface area contributed by atoms with Gasteiger partial charge in [0.2, 0.25) is 5.91 Å². The molecule has 1 N–H and O–H groups in total. The van der Waals surface area contributed by atoms with Crippen molar-refractivity contribution in [2.75, 3.05) is 5.32 Å². The lowest BCUT2D eigenvalue weighted by molar-refractivity contribution is -0.116. The molecule has 0 saturated carbocycles. The number of carbonyl (C=O) groups excluding carboxylic acids is 1. The quantitative estimate of drug-likeness (QED) is 0.868. The number of benzene rings is 2. The number of halogens is 1. The van der Waals surface area contributed by atoms with Gasteiger partial charge in [-0.25, -0.2) is 0 Å². The number of aryl methyl sites for hydroxylation is 2. The Kier molecular flexibility index (Phi) is 4.96. The molecule has 0 saturated heterocycles. The summed E-state index contributed by atoms with van der Waals surface area (Å²) >= 11 is 3.44. The third-order valence-corrected chi connectivity index (χ3v) is 3.90. The molecule has 0 radical (unpaired) electrons. The largest absolute Gasteiger partial charge is 0.326 e. The molecule has 0 bridgehead atoms. The molecule has 2 aromatic rings. The molecule has 0 heterocycles. The Balaban J connectivity index is 1.94. The number of nitrogens with one attached hydrogen (secondary N) is 1. The van der Waals surface area contributed by atoms with E-state index in [1.807, 2.05) is 56.3 Å². The average molecular weight is 332 g/mol. The van der Waals surface area contributed by atoms with Crippen LogP contribution in [0.15, 0.2) is 46.9 Å². The van der Waals surface area contributed by atoms with Gasteiger partial charge in [0.15, 0.2) is 0 Å². The summed E-state index contributed by atoms with van der Waals surface area (Å²) in [6.07, 6.45) is 1.24. The Labute approximate surface area is 128 Å². The van der Waals surface area contributed by atoms with E-state index in [0.29, 0.717) is 6.42 Å². The zero-order chi connectivity index (χ0) is 14.5. The maximum absolute atomic E-state index is 12.0. The van der Waals surface area contributed by atoms with Crippen LogP contribution in [0.4, 0.5) is 5.69 Å². The highest BCUT2D eigenvalue weighted by Crippen LogP contribution is 2.18. The zero-order valence-corrected chi connectivity index (χ0v) is 13.3. The molecule has 104 valence electrons. The Bertz CT molecular complexity index is 622. The molecule has 3 heteroatoms. The molecule has 0 aliphatic heterocycles. The molecule has 0 fully saturated rings. The van der Waals surface area contributed by atoms with Crippen molar-refractivity contribution >= 4 is 27.5 Å². The van der Waals surface area contributed by atoms with E-state index in [-0.39, 0.29) is 5.91 Å². The van der Waals surface area contributed by atoms with Crippen molar-refractivity contribution < 1.29 is 4.79 Å². The molecule has 2 rings (SSSR count). The van der Waals surface area contributed by atoms with Crippen molar-refractivity contribution in [1.82, 2.24) is 0 Å². The summed E-state index contributed by atoms with van der Waals surface area (Å²) in [5, 5.41) is 2.99. The topological polar surface area (TPSA) is 29.1 Å². The molecule has 0 aliphatic carbocycles. The summed E-state index contributed by atoms with van der Waals surface area (Å²) in [6.45, 7) is 4.08. The van der Waals surface area contributed by atoms with E-state index in [2.05, 4.69) is 21.2 Å². The van der Waals surface area contributed by atoms with Gasteiger partial charge in [-0.2, -0.15) is 0 Å². The van der Waals surface area contributed by atoms with Gasteiger partial charge in [0.05, 0.1) is 0 Å². The van der Waals surface area contributed by atoms with Crippen molar-refractivity contribution in [2.45, 2.75) is 26.7 Å². The van der Waals surface area contributed by atoms with E-state index in [4.69, 9.17) is 0 Å². The molecule has 0 aromatic heterocycles. The first kappa shape index (κ1) is 14.8. The van der Waals surface area contributed by atoms with E-state index in [9.17, 15) is 4.79 Å². The standard InChI is InChI=1S/C17H18BrNO/c1-12-5-3-8-16(13(12)2)19-17(20)10-9-14-6-4-7-15(18)11-14/h3-8,11H,9-10H2,1-2H3,(H,19,20). The fraction of sp³-hybridized carbons (Fsp3) is 0.235. The van der Waals surface area contributed by atoms with Gasteiger partial charge in [0, 0.05) is 16.6 Å². The van der Waals surface area contributed by atoms with E-state index < -0.39 is 0 Å². The first-order valence-electron chi connectivity index (χ1n) is 6.67. The maximum atomic E-state index is 12.0. The Morgan fingerprint density at radius 3 is 2.65 bits per heavy atom. The van der Waals surface area contributed by atoms with Crippen molar-refractivity contribution in [1.29, 1.82) is 0 Å². The van der Waals surface area contributed by atoms with Gasteiger partial charge in [-0.15, -0.1) is 0 Å².